The van der Waals surface area contributed by atoms with Crippen molar-refractivity contribution in [3.05, 3.63) is 34.4 Å². The van der Waals surface area contributed by atoms with Gasteiger partial charge in [0.25, 0.3) is 0 Å². The van der Waals surface area contributed by atoms with Gasteiger partial charge in [0, 0.05) is 11.8 Å². The molecule has 0 amide bonds. The first-order chi connectivity index (χ1) is 7.60. The third-order valence-electron chi connectivity index (χ3n) is 2.92. The Morgan fingerprint density at radius 2 is 1.75 bits per heavy atom. The van der Waals surface area contributed by atoms with E-state index in [1.54, 1.807) is 0 Å². The zero-order valence-corrected chi connectivity index (χ0v) is 11.9. The first-order valence-electron chi connectivity index (χ1n) is 5.92. The van der Waals surface area contributed by atoms with E-state index < -0.39 is 0 Å². The monoisotopic (exact) mass is 237 g/mol. The molecule has 0 aliphatic carbocycles. The van der Waals surface area contributed by atoms with Gasteiger partial charge in [0.2, 0.25) is 0 Å². The maximum atomic E-state index is 3.43. The van der Waals surface area contributed by atoms with Crippen molar-refractivity contribution < 1.29 is 0 Å². The second-order valence-electron chi connectivity index (χ2n) is 4.31. The summed E-state index contributed by atoms with van der Waals surface area (Å²) < 4.78 is 0. The van der Waals surface area contributed by atoms with E-state index in [0.717, 1.165) is 5.75 Å². The zero-order chi connectivity index (χ0) is 12.1. The quantitative estimate of drug-likeness (QED) is 0.839. The molecule has 1 atom stereocenters. The second-order valence-corrected chi connectivity index (χ2v) is 5.63. The second kappa shape index (κ2) is 6.31. The summed E-state index contributed by atoms with van der Waals surface area (Å²) in [6, 6.07) is 5.04. The Morgan fingerprint density at radius 3 is 2.19 bits per heavy atom. The summed E-state index contributed by atoms with van der Waals surface area (Å²) >= 11 is 1.99. The van der Waals surface area contributed by atoms with Crippen LogP contribution in [0.4, 0.5) is 0 Å². The molecule has 0 radical (unpaired) electrons. The van der Waals surface area contributed by atoms with E-state index in [9.17, 15) is 0 Å². The zero-order valence-electron chi connectivity index (χ0n) is 11.1. The van der Waals surface area contributed by atoms with Crippen molar-refractivity contribution in [1.29, 1.82) is 0 Å². The average Bonchev–Trinajstić information content (AvgIpc) is 2.21. The normalized spacial score (nSPS) is 12.8. The lowest BCUT2D eigenvalue weighted by Crippen LogP contribution is -2.21. The van der Waals surface area contributed by atoms with Gasteiger partial charge in [-0.05, 0) is 50.3 Å². The predicted molar refractivity (Wildman–Crippen MR) is 75.5 cm³/mol. The molecule has 0 spiro atoms. The summed E-state index contributed by atoms with van der Waals surface area (Å²) in [5, 5.41) is 3.43. The molecule has 1 aromatic rings. The summed E-state index contributed by atoms with van der Waals surface area (Å²) in [4.78, 5) is 0. The van der Waals surface area contributed by atoms with Gasteiger partial charge in [-0.3, -0.25) is 0 Å². The molecule has 1 nitrogen and oxygen atoms in total. The van der Waals surface area contributed by atoms with Gasteiger partial charge in [0.05, 0.1) is 0 Å². The van der Waals surface area contributed by atoms with Crippen LogP contribution in [0.3, 0.4) is 0 Å². The molecule has 0 saturated carbocycles. The van der Waals surface area contributed by atoms with Crippen molar-refractivity contribution in [3.8, 4) is 0 Å². The lowest BCUT2D eigenvalue weighted by atomic mass is 9.95. The Morgan fingerprint density at radius 1 is 1.19 bits per heavy atom. The van der Waals surface area contributed by atoms with Crippen LogP contribution < -0.4 is 5.32 Å². The lowest BCUT2D eigenvalue weighted by molar-refractivity contribution is 0.653. The van der Waals surface area contributed by atoms with Gasteiger partial charge in [-0.25, -0.2) is 0 Å². The highest BCUT2D eigenvalue weighted by Gasteiger charge is 2.14. The van der Waals surface area contributed by atoms with E-state index in [0.29, 0.717) is 6.04 Å². The molecule has 0 aliphatic rings. The van der Waals surface area contributed by atoms with Crippen molar-refractivity contribution in [1.82, 2.24) is 5.32 Å². The molecule has 0 saturated heterocycles. The van der Waals surface area contributed by atoms with Gasteiger partial charge in [0.15, 0.2) is 0 Å². The van der Waals surface area contributed by atoms with E-state index in [1.807, 2.05) is 11.8 Å². The van der Waals surface area contributed by atoms with Gasteiger partial charge in [-0.1, -0.05) is 24.6 Å². The number of hydrogen-bond acceptors (Lipinski definition) is 2. The number of nitrogens with one attached hydrogen (secondary N) is 1. The first kappa shape index (κ1) is 13.6. The highest BCUT2D eigenvalue weighted by molar-refractivity contribution is 7.99. The molecule has 1 N–H and O–H groups in total. The van der Waals surface area contributed by atoms with Crippen LogP contribution in [0, 0.1) is 20.8 Å². The fraction of sp³-hybridized carbons (Fsp3) is 0.571. The van der Waals surface area contributed by atoms with Gasteiger partial charge in [-0.15, -0.1) is 0 Å². The van der Waals surface area contributed by atoms with Crippen molar-refractivity contribution >= 4 is 11.8 Å². The van der Waals surface area contributed by atoms with Crippen molar-refractivity contribution in [2.24, 2.45) is 0 Å². The summed E-state index contributed by atoms with van der Waals surface area (Å²) in [7, 11) is 2.06. The van der Waals surface area contributed by atoms with Gasteiger partial charge in [0.1, 0.15) is 0 Å². The predicted octanol–water partition coefficient (Wildman–Crippen LogP) is 3.63. The minimum absolute atomic E-state index is 0.477. The minimum atomic E-state index is 0.477. The van der Waals surface area contributed by atoms with E-state index in [1.165, 1.54) is 28.0 Å². The van der Waals surface area contributed by atoms with Gasteiger partial charge >= 0.3 is 0 Å². The smallest absolute Gasteiger partial charge is 0.0414 e. The van der Waals surface area contributed by atoms with E-state index >= 15 is 0 Å². The lowest BCUT2D eigenvalue weighted by Gasteiger charge is -2.21. The summed E-state index contributed by atoms with van der Waals surface area (Å²) in [6.07, 6.45) is 0. The Kier molecular flexibility index (Phi) is 5.36. The molecular formula is C14H23NS. The molecule has 0 bridgehead atoms. The Balaban J connectivity index is 2.99. The Labute approximate surface area is 104 Å². The van der Waals surface area contributed by atoms with Gasteiger partial charge in [-0.2, -0.15) is 11.8 Å². The van der Waals surface area contributed by atoms with Crippen LogP contribution in [-0.4, -0.2) is 18.6 Å². The van der Waals surface area contributed by atoms with Crippen LogP contribution in [0.5, 0.6) is 0 Å². The molecule has 0 heterocycles. The number of thioether (sulfide) groups is 1. The fourth-order valence-electron chi connectivity index (χ4n) is 2.29. The molecule has 2 heteroatoms. The molecule has 1 aromatic carbocycles. The molecule has 0 aliphatic heterocycles. The molecule has 1 unspecified atom stereocenters. The highest BCUT2D eigenvalue weighted by atomic mass is 32.2. The maximum Gasteiger partial charge on any atom is 0.0414 e. The third-order valence-corrected chi connectivity index (χ3v) is 3.90. The highest BCUT2D eigenvalue weighted by Crippen LogP contribution is 2.26. The minimum Gasteiger partial charge on any atom is -0.312 e. The molecule has 0 aromatic heterocycles. The van der Waals surface area contributed by atoms with Crippen LogP contribution in [0.25, 0.3) is 0 Å². The van der Waals surface area contributed by atoms with Crippen LogP contribution >= 0.6 is 11.8 Å². The van der Waals surface area contributed by atoms with Crippen LogP contribution in [0.15, 0.2) is 12.1 Å². The Hall–Kier alpha value is -0.470. The number of aryl methyl sites for hydroxylation is 3. The SMILES string of the molecule is CCSCC(NC)c1c(C)cc(C)cc1C. The van der Waals surface area contributed by atoms with Crippen LogP contribution in [0.1, 0.15) is 35.2 Å². The molecule has 1 rings (SSSR count). The largest absolute Gasteiger partial charge is 0.312 e. The number of hydrogen-bond donors (Lipinski definition) is 1. The molecule has 0 fully saturated rings. The van der Waals surface area contributed by atoms with Gasteiger partial charge < -0.3 is 5.32 Å². The molecule has 16 heavy (non-hydrogen) atoms. The summed E-state index contributed by atoms with van der Waals surface area (Å²) in [5.74, 6) is 2.33. The number of rotatable bonds is 5. The average molecular weight is 237 g/mol. The summed E-state index contributed by atoms with van der Waals surface area (Å²) in [5.41, 5.74) is 5.66. The van der Waals surface area contributed by atoms with E-state index in [2.05, 4.69) is 52.2 Å². The molecular weight excluding hydrogens is 214 g/mol. The first-order valence-corrected chi connectivity index (χ1v) is 7.08. The Bertz CT molecular complexity index is 324. The van der Waals surface area contributed by atoms with Crippen LogP contribution in [-0.2, 0) is 0 Å². The number of benzene rings is 1. The van der Waals surface area contributed by atoms with Crippen molar-refractivity contribution in [2.45, 2.75) is 33.7 Å². The standard InChI is InChI=1S/C14H23NS/c1-6-16-9-13(15-5)14-11(3)7-10(2)8-12(14)4/h7-8,13,15H,6,9H2,1-5H3. The van der Waals surface area contributed by atoms with Crippen molar-refractivity contribution in [3.63, 3.8) is 0 Å². The third kappa shape index (κ3) is 3.26. The molecule has 90 valence electrons. The maximum absolute atomic E-state index is 3.43. The van der Waals surface area contributed by atoms with E-state index in [-0.39, 0.29) is 0 Å². The van der Waals surface area contributed by atoms with Crippen molar-refractivity contribution in [2.75, 3.05) is 18.6 Å². The summed E-state index contributed by atoms with van der Waals surface area (Å²) in [6.45, 7) is 8.82. The fourth-order valence-corrected chi connectivity index (χ4v) is 3.09. The van der Waals surface area contributed by atoms with Crippen LogP contribution in [0.2, 0.25) is 0 Å². The topological polar surface area (TPSA) is 12.0 Å². The van der Waals surface area contributed by atoms with E-state index in [4.69, 9.17) is 0 Å².